The number of nitrogen functional groups attached to an aromatic ring is 1. The summed E-state index contributed by atoms with van der Waals surface area (Å²) >= 11 is 0. The van der Waals surface area contributed by atoms with Crippen LogP contribution in [0.4, 0.5) is 11.6 Å². The second-order valence-electron chi connectivity index (χ2n) is 6.79. The van der Waals surface area contributed by atoms with Gasteiger partial charge in [0.2, 0.25) is 0 Å². The van der Waals surface area contributed by atoms with Crippen LogP contribution in [0, 0.1) is 0 Å². The number of imidazole rings is 1. The molecule has 3 N–H and O–H groups in total. The molecular formula is C19H21N7O2. The van der Waals surface area contributed by atoms with E-state index < -0.39 is 0 Å². The van der Waals surface area contributed by atoms with E-state index in [9.17, 15) is 0 Å². The molecule has 0 bridgehead atoms. The van der Waals surface area contributed by atoms with Gasteiger partial charge in [-0.2, -0.15) is 0 Å². The number of morpholine rings is 1. The molecule has 4 heterocycles. The number of ether oxygens (including phenoxy) is 1. The Kier molecular flexibility index (Phi) is 4.30. The topological polar surface area (TPSA) is 107 Å². The fraction of sp³-hybridized carbons (Fsp3) is 0.316. The second-order valence-corrected chi connectivity index (χ2v) is 6.79. The molecule has 0 amide bonds. The van der Waals surface area contributed by atoms with Crippen LogP contribution in [0.1, 0.15) is 0 Å². The summed E-state index contributed by atoms with van der Waals surface area (Å²) in [5, 5.41) is 12.7. The van der Waals surface area contributed by atoms with Crippen molar-refractivity contribution in [2.45, 2.75) is 0 Å². The van der Waals surface area contributed by atoms with Crippen LogP contribution in [0.25, 0.3) is 27.9 Å². The minimum absolute atomic E-state index is 0.379. The van der Waals surface area contributed by atoms with E-state index in [-0.39, 0.29) is 0 Å². The molecule has 5 rings (SSSR count). The van der Waals surface area contributed by atoms with Crippen molar-refractivity contribution < 1.29 is 9.26 Å². The van der Waals surface area contributed by atoms with Crippen molar-refractivity contribution in [2.24, 2.45) is 0 Å². The van der Waals surface area contributed by atoms with E-state index in [0.29, 0.717) is 11.4 Å². The highest BCUT2D eigenvalue weighted by Crippen LogP contribution is 2.28. The maximum Gasteiger partial charge on any atom is 0.174 e. The van der Waals surface area contributed by atoms with Gasteiger partial charge in [0.25, 0.3) is 0 Å². The van der Waals surface area contributed by atoms with Gasteiger partial charge in [0.05, 0.1) is 30.5 Å². The maximum atomic E-state index is 5.89. The van der Waals surface area contributed by atoms with Gasteiger partial charge < -0.3 is 20.3 Å². The average Bonchev–Trinajstić information content (AvgIpc) is 3.32. The first kappa shape index (κ1) is 17.0. The Morgan fingerprint density at radius 3 is 2.93 bits per heavy atom. The number of nitrogens with two attached hydrogens (primary N) is 1. The van der Waals surface area contributed by atoms with Crippen molar-refractivity contribution in [3.63, 3.8) is 0 Å². The third-order valence-corrected chi connectivity index (χ3v) is 4.99. The molecule has 3 aromatic heterocycles. The highest BCUT2D eigenvalue weighted by Gasteiger charge is 2.12. The largest absolute Gasteiger partial charge is 0.380 e. The number of nitrogens with one attached hydrogen (secondary N) is 1. The first-order valence-corrected chi connectivity index (χ1v) is 9.32. The summed E-state index contributed by atoms with van der Waals surface area (Å²) < 4.78 is 12.4. The summed E-state index contributed by atoms with van der Waals surface area (Å²) in [4.78, 5) is 6.85. The van der Waals surface area contributed by atoms with E-state index in [4.69, 9.17) is 20.1 Å². The molecule has 9 nitrogen and oxygen atoms in total. The van der Waals surface area contributed by atoms with Gasteiger partial charge in [0, 0.05) is 31.7 Å². The van der Waals surface area contributed by atoms with Crippen molar-refractivity contribution >= 4 is 28.3 Å². The van der Waals surface area contributed by atoms with Crippen molar-refractivity contribution in [1.29, 1.82) is 0 Å². The molecule has 1 saturated heterocycles. The summed E-state index contributed by atoms with van der Waals surface area (Å²) in [7, 11) is 0. The molecule has 1 aromatic carbocycles. The number of aromatic nitrogens is 4. The average molecular weight is 379 g/mol. The molecule has 1 aliphatic heterocycles. The summed E-state index contributed by atoms with van der Waals surface area (Å²) in [6, 6.07) is 9.67. The molecule has 0 unspecified atom stereocenters. The number of hydrogen-bond donors (Lipinski definition) is 2. The number of anilines is 2. The van der Waals surface area contributed by atoms with Crippen molar-refractivity contribution in [1.82, 2.24) is 24.7 Å². The highest BCUT2D eigenvalue weighted by atomic mass is 16.5. The first-order chi connectivity index (χ1) is 13.8. The van der Waals surface area contributed by atoms with Crippen LogP contribution >= 0.6 is 0 Å². The van der Waals surface area contributed by atoms with Crippen molar-refractivity contribution in [3.8, 4) is 11.3 Å². The van der Waals surface area contributed by atoms with Gasteiger partial charge in [-0.25, -0.2) is 9.50 Å². The molecular weight excluding hydrogens is 358 g/mol. The minimum atomic E-state index is 0.379. The fourth-order valence-corrected chi connectivity index (χ4v) is 3.45. The van der Waals surface area contributed by atoms with Crippen LogP contribution in [0.2, 0.25) is 0 Å². The predicted molar refractivity (Wildman–Crippen MR) is 106 cm³/mol. The zero-order chi connectivity index (χ0) is 18.9. The molecule has 1 aliphatic rings. The molecule has 0 radical (unpaired) electrons. The summed E-state index contributed by atoms with van der Waals surface area (Å²) in [6.07, 6.45) is 1.81. The maximum absolute atomic E-state index is 5.89. The number of hydrogen-bond acceptors (Lipinski definition) is 8. The highest BCUT2D eigenvalue weighted by molar-refractivity contribution is 5.90. The van der Waals surface area contributed by atoms with Crippen LogP contribution in [-0.4, -0.2) is 64.0 Å². The molecule has 1 fully saturated rings. The predicted octanol–water partition coefficient (Wildman–Crippen LogP) is 1.86. The van der Waals surface area contributed by atoms with Crippen LogP contribution in [0.5, 0.6) is 0 Å². The standard InChI is InChI=1S/C19H21N7O2/c20-19-14-11-13(1-2-16(14)28-24-19)15-12-22-18-4-3-17(23-26(15)18)21-5-6-25-7-9-27-10-8-25/h1-4,11-12H,5-10H2,(H2,20,24)(H,21,23). The monoisotopic (exact) mass is 379 g/mol. The normalized spacial score (nSPS) is 15.4. The van der Waals surface area contributed by atoms with Gasteiger partial charge >= 0.3 is 0 Å². The number of rotatable bonds is 5. The Morgan fingerprint density at radius 1 is 1.14 bits per heavy atom. The molecule has 0 spiro atoms. The van der Waals surface area contributed by atoms with E-state index in [1.54, 1.807) is 0 Å². The molecule has 0 aliphatic carbocycles. The van der Waals surface area contributed by atoms with Gasteiger partial charge in [-0.05, 0) is 30.3 Å². The lowest BCUT2D eigenvalue weighted by Crippen LogP contribution is -2.39. The Morgan fingerprint density at radius 2 is 2.04 bits per heavy atom. The third-order valence-electron chi connectivity index (χ3n) is 4.99. The van der Waals surface area contributed by atoms with Gasteiger partial charge in [-0.3, -0.25) is 4.90 Å². The zero-order valence-electron chi connectivity index (χ0n) is 15.3. The van der Waals surface area contributed by atoms with Crippen LogP contribution in [-0.2, 0) is 4.74 Å². The number of fused-ring (bicyclic) bond motifs is 2. The SMILES string of the molecule is Nc1noc2ccc(-c3cnc4ccc(NCCN5CCOCC5)nn34)cc12. The van der Waals surface area contributed by atoms with Gasteiger partial charge in [0.1, 0.15) is 5.82 Å². The molecule has 4 aromatic rings. The molecule has 144 valence electrons. The van der Waals surface area contributed by atoms with E-state index in [0.717, 1.165) is 67.5 Å². The molecule has 0 atom stereocenters. The summed E-state index contributed by atoms with van der Waals surface area (Å²) in [5.41, 5.74) is 9.17. The van der Waals surface area contributed by atoms with E-state index in [2.05, 4.69) is 20.4 Å². The lowest BCUT2D eigenvalue weighted by atomic mass is 10.1. The van der Waals surface area contributed by atoms with Gasteiger partial charge in [-0.1, -0.05) is 5.16 Å². The second kappa shape index (κ2) is 7.10. The lowest BCUT2D eigenvalue weighted by molar-refractivity contribution is 0.0398. The van der Waals surface area contributed by atoms with E-state index in [1.165, 1.54) is 0 Å². The van der Waals surface area contributed by atoms with Gasteiger partial charge in [0.15, 0.2) is 17.0 Å². The zero-order valence-corrected chi connectivity index (χ0v) is 15.3. The molecule has 9 heteroatoms. The van der Waals surface area contributed by atoms with Crippen molar-refractivity contribution in [3.05, 3.63) is 36.5 Å². The van der Waals surface area contributed by atoms with Crippen LogP contribution in [0.15, 0.2) is 41.1 Å². The third kappa shape index (κ3) is 3.14. The Labute approximate surface area is 161 Å². The smallest absolute Gasteiger partial charge is 0.174 e. The summed E-state index contributed by atoms with van der Waals surface area (Å²) in [5.74, 6) is 1.19. The van der Waals surface area contributed by atoms with Crippen LogP contribution < -0.4 is 11.1 Å². The van der Waals surface area contributed by atoms with Crippen LogP contribution in [0.3, 0.4) is 0 Å². The van der Waals surface area contributed by atoms with Crippen molar-refractivity contribution in [2.75, 3.05) is 50.4 Å². The molecule has 28 heavy (non-hydrogen) atoms. The van der Waals surface area contributed by atoms with Gasteiger partial charge in [-0.15, -0.1) is 5.10 Å². The lowest BCUT2D eigenvalue weighted by Gasteiger charge is -2.26. The molecule has 0 saturated carbocycles. The summed E-state index contributed by atoms with van der Waals surface area (Å²) in [6.45, 7) is 5.37. The van der Waals surface area contributed by atoms with E-state index >= 15 is 0 Å². The minimum Gasteiger partial charge on any atom is -0.380 e. The Hall–Kier alpha value is -3.17. The quantitative estimate of drug-likeness (QED) is 0.541. The number of nitrogens with zero attached hydrogens (tertiary/aromatic N) is 5. The Balaban J connectivity index is 1.38. The Bertz CT molecular complexity index is 1110. The van der Waals surface area contributed by atoms with E-state index in [1.807, 2.05) is 41.0 Å². The first-order valence-electron chi connectivity index (χ1n) is 9.32. The fourth-order valence-electron chi connectivity index (χ4n) is 3.45. The number of benzene rings is 1.